The Labute approximate surface area is 102 Å². The molecule has 0 saturated heterocycles. The standard InChI is InChI=1S/C14H16O2S/c1-17(15,16)11-5-9-13-8-4-7-12-6-2-3-10-14(12)13/h2-4,6-8,10H,5,9,11H2,1H3. The molecular weight excluding hydrogens is 232 g/mol. The fourth-order valence-electron chi connectivity index (χ4n) is 2.04. The number of aryl methyl sites for hydroxylation is 1. The average molecular weight is 248 g/mol. The minimum absolute atomic E-state index is 0.260. The highest BCUT2D eigenvalue weighted by Gasteiger charge is 2.04. The van der Waals surface area contributed by atoms with Crippen molar-refractivity contribution in [1.82, 2.24) is 0 Å². The van der Waals surface area contributed by atoms with E-state index in [0.29, 0.717) is 6.42 Å². The minimum Gasteiger partial charge on any atom is -0.229 e. The lowest BCUT2D eigenvalue weighted by Crippen LogP contribution is -2.04. The van der Waals surface area contributed by atoms with Crippen molar-refractivity contribution in [3.8, 4) is 0 Å². The van der Waals surface area contributed by atoms with Crippen LogP contribution in [0.15, 0.2) is 42.5 Å². The highest BCUT2D eigenvalue weighted by molar-refractivity contribution is 7.90. The van der Waals surface area contributed by atoms with E-state index in [0.717, 1.165) is 6.42 Å². The molecule has 0 radical (unpaired) electrons. The molecule has 0 N–H and O–H groups in total. The van der Waals surface area contributed by atoms with Gasteiger partial charge in [0, 0.05) is 6.26 Å². The molecule has 2 nitrogen and oxygen atoms in total. The molecule has 2 aromatic rings. The molecule has 0 spiro atoms. The van der Waals surface area contributed by atoms with Crippen LogP contribution in [0, 0.1) is 0 Å². The van der Waals surface area contributed by atoms with E-state index in [1.165, 1.54) is 22.6 Å². The number of hydrogen-bond acceptors (Lipinski definition) is 2. The van der Waals surface area contributed by atoms with Gasteiger partial charge in [0.05, 0.1) is 5.75 Å². The molecule has 0 fully saturated rings. The van der Waals surface area contributed by atoms with Crippen LogP contribution in [0.25, 0.3) is 10.8 Å². The molecule has 0 aliphatic carbocycles. The highest BCUT2D eigenvalue weighted by atomic mass is 32.2. The van der Waals surface area contributed by atoms with E-state index in [2.05, 4.69) is 24.3 Å². The maximum atomic E-state index is 11.1. The van der Waals surface area contributed by atoms with Gasteiger partial charge in [-0.15, -0.1) is 0 Å². The fourth-order valence-corrected chi connectivity index (χ4v) is 2.70. The maximum Gasteiger partial charge on any atom is 0.147 e. The van der Waals surface area contributed by atoms with Gasteiger partial charge in [-0.1, -0.05) is 42.5 Å². The summed E-state index contributed by atoms with van der Waals surface area (Å²) in [6, 6.07) is 14.4. The summed E-state index contributed by atoms with van der Waals surface area (Å²) in [5.74, 6) is 0.260. The first-order valence-electron chi connectivity index (χ1n) is 5.71. The van der Waals surface area contributed by atoms with Crippen LogP contribution in [0.5, 0.6) is 0 Å². The Morgan fingerprint density at radius 3 is 2.47 bits per heavy atom. The van der Waals surface area contributed by atoms with E-state index >= 15 is 0 Å². The van der Waals surface area contributed by atoms with Crippen LogP contribution in [0.4, 0.5) is 0 Å². The van der Waals surface area contributed by atoms with E-state index in [1.54, 1.807) is 0 Å². The summed E-state index contributed by atoms with van der Waals surface area (Å²) in [5, 5.41) is 2.44. The van der Waals surface area contributed by atoms with Crippen molar-refractivity contribution in [2.24, 2.45) is 0 Å². The summed E-state index contributed by atoms with van der Waals surface area (Å²) in [4.78, 5) is 0. The molecule has 0 heterocycles. The summed E-state index contributed by atoms with van der Waals surface area (Å²) >= 11 is 0. The fraction of sp³-hybridized carbons (Fsp3) is 0.286. The molecule has 0 aliphatic rings. The Kier molecular flexibility index (Phi) is 3.48. The van der Waals surface area contributed by atoms with Gasteiger partial charge in [0.2, 0.25) is 0 Å². The van der Waals surface area contributed by atoms with Crippen molar-refractivity contribution >= 4 is 20.6 Å². The monoisotopic (exact) mass is 248 g/mol. The molecule has 0 aromatic heterocycles. The van der Waals surface area contributed by atoms with E-state index in [4.69, 9.17) is 0 Å². The van der Waals surface area contributed by atoms with Crippen molar-refractivity contribution < 1.29 is 8.42 Å². The molecule has 90 valence electrons. The van der Waals surface area contributed by atoms with Crippen molar-refractivity contribution in [3.63, 3.8) is 0 Å². The molecule has 0 atom stereocenters. The number of rotatable bonds is 4. The lowest BCUT2D eigenvalue weighted by atomic mass is 10.0. The van der Waals surface area contributed by atoms with Gasteiger partial charge in [0.25, 0.3) is 0 Å². The second kappa shape index (κ2) is 4.88. The molecule has 0 bridgehead atoms. The summed E-state index contributed by atoms with van der Waals surface area (Å²) in [6.07, 6.45) is 2.79. The third-order valence-corrected chi connectivity index (χ3v) is 3.87. The first-order valence-corrected chi connectivity index (χ1v) is 7.77. The Balaban J connectivity index is 2.19. The number of sulfone groups is 1. The van der Waals surface area contributed by atoms with Crippen LogP contribution in [-0.2, 0) is 16.3 Å². The van der Waals surface area contributed by atoms with Crippen LogP contribution in [-0.4, -0.2) is 20.4 Å². The molecule has 3 heteroatoms. The Morgan fingerprint density at radius 1 is 1.00 bits per heavy atom. The summed E-state index contributed by atoms with van der Waals surface area (Å²) in [7, 11) is -2.85. The number of hydrogen-bond donors (Lipinski definition) is 0. The topological polar surface area (TPSA) is 34.1 Å². The van der Waals surface area contributed by atoms with Crippen molar-refractivity contribution in [1.29, 1.82) is 0 Å². The zero-order valence-electron chi connectivity index (χ0n) is 9.89. The molecular formula is C14H16O2S. The maximum absolute atomic E-state index is 11.1. The van der Waals surface area contributed by atoms with Crippen LogP contribution >= 0.6 is 0 Å². The van der Waals surface area contributed by atoms with Gasteiger partial charge in [0.15, 0.2) is 0 Å². The third kappa shape index (κ3) is 3.30. The molecule has 0 unspecified atom stereocenters. The van der Waals surface area contributed by atoms with Gasteiger partial charge >= 0.3 is 0 Å². The summed E-state index contributed by atoms with van der Waals surface area (Å²) in [5.41, 5.74) is 1.23. The van der Waals surface area contributed by atoms with Gasteiger partial charge in [0.1, 0.15) is 9.84 Å². The predicted molar refractivity (Wildman–Crippen MR) is 72.0 cm³/mol. The van der Waals surface area contributed by atoms with Crippen LogP contribution in [0.3, 0.4) is 0 Å². The lowest BCUT2D eigenvalue weighted by molar-refractivity contribution is 0.599. The zero-order valence-corrected chi connectivity index (χ0v) is 10.7. The second-order valence-corrected chi connectivity index (χ2v) is 6.63. The van der Waals surface area contributed by atoms with Crippen LogP contribution < -0.4 is 0 Å². The van der Waals surface area contributed by atoms with E-state index in [-0.39, 0.29) is 5.75 Å². The van der Waals surface area contributed by atoms with Gasteiger partial charge in [-0.3, -0.25) is 0 Å². The molecule has 17 heavy (non-hydrogen) atoms. The van der Waals surface area contributed by atoms with Crippen molar-refractivity contribution in [2.75, 3.05) is 12.0 Å². The smallest absolute Gasteiger partial charge is 0.147 e. The largest absolute Gasteiger partial charge is 0.229 e. The SMILES string of the molecule is CS(=O)(=O)CCCc1cccc2ccccc12. The van der Waals surface area contributed by atoms with Gasteiger partial charge in [-0.25, -0.2) is 8.42 Å². The van der Waals surface area contributed by atoms with Crippen LogP contribution in [0.2, 0.25) is 0 Å². The van der Waals surface area contributed by atoms with Crippen LogP contribution in [0.1, 0.15) is 12.0 Å². The molecule has 0 amide bonds. The molecule has 2 aromatic carbocycles. The van der Waals surface area contributed by atoms with Gasteiger partial charge in [-0.05, 0) is 29.2 Å². The van der Waals surface area contributed by atoms with Gasteiger partial charge < -0.3 is 0 Å². The average Bonchev–Trinajstić information content (AvgIpc) is 2.28. The lowest BCUT2D eigenvalue weighted by Gasteiger charge is -2.05. The van der Waals surface area contributed by atoms with E-state index < -0.39 is 9.84 Å². The minimum atomic E-state index is -2.85. The second-order valence-electron chi connectivity index (χ2n) is 4.37. The Hall–Kier alpha value is -1.35. The first-order chi connectivity index (χ1) is 8.06. The normalized spacial score (nSPS) is 11.8. The quantitative estimate of drug-likeness (QED) is 0.833. The third-order valence-electron chi connectivity index (χ3n) is 2.84. The van der Waals surface area contributed by atoms with Crippen molar-refractivity contribution in [2.45, 2.75) is 12.8 Å². The van der Waals surface area contributed by atoms with E-state index in [9.17, 15) is 8.42 Å². The molecule has 2 rings (SSSR count). The predicted octanol–water partition coefficient (Wildman–Crippen LogP) is 2.82. The van der Waals surface area contributed by atoms with E-state index in [1.807, 2.05) is 18.2 Å². The Bertz CT molecular complexity index is 610. The number of fused-ring (bicyclic) bond motifs is 1. The van der Waals surface area contributed by atoms with Gasteiger partial charge in [-0.2, -0.15) is 0 Å². The zero-order chi connectivity index (χ0) is 12.3. The summed E-state index contributed by atoms with van der Waals surface area (Å²) < 4.78 is 22.2. The summed E-state index contributed by atoms with van der Waals surface area (Å²) in [6.45, 7) is 0. The Morgan fingerprint density at radius 2 is 1.71 bits per heavy atom. The molecule has 0 aliphatic heterocycles. The highest BCUT2D eigenvalue weighted by Crippen LogP contribution is 2.19. The molecule has 0 saturated carbocycles. The first kappa shape index (κ1) is 12.1. The number of benzene rings is 2. The van der Waals surface area contributed by atoms with Crippen molar-refractivity contribution in [3.05, 3.63) is 48.0 Å².